The summed E-state index contributed by atoms with van der Waals surface area (Å²) in [7, 11) is 3.29. The fourth-order valence-corrected chi connectivity index (χ4v) is 3.03. The number of nitrogens with zero attached hydrogens (tertiary/aromatic N) is 2. The van der Waals surface area contributed by atoms with Crippen molar-refractivity contribution in [2.24, 2.45) is 0 Å². The van der Waals surface area contributed by atoms with Crippen molar-refractivity contribution in [2.75, 3.05) is 19.5 Å². The van der Waals surface area contributed by atoms with Crippen molar-refractivity contribution in [3.8, 4) is 11.5 Å². The van der Waals surface area contributed by atoms with Crippen LogP contribution < -0.4 is 14.8 Å². The Kier molecular flexibility index (Phi) is 6.09. The Morgan fingerprint density at radius 1 is 0.963 bits per heavy atom. The molecule has 0 aliphatic rings. The van der Waals surface area contributed by atoms with Crippen molar-refractivity contribution in [1.82, 2.24) is 15.0 Å². The fraction of sp³-hybridized carbons (Fsp3) is 0.158. The third-order valence-electron chi connectivity index (χ3n) is 4.18. The minimum absolute atomic E-state index is 0. The molecule has 0 amide bonds. The highest BCUT2D eigenvalue weighted by Gasteiger charge is 2.12. The van der Waals surface area contributed by atoms with Crippen LogP contribution >= 0.6 is 12.4 Å². The van der Waals surface area contributed by atoms with Crippen LogP contribution in [0.25, 0.3) is 21.9 Å². The van der Waals surface area contributed by atoms with E-state index in [1.807, 2.05) is 37.3 Å². The molecule has 2 aromatic heterocycles. The summed E-state index contributed by atoms with van der Waals surface area (Å²) in [6.07, 6.45) is 1.58. The molecule has 0 aliphatic carbocycles. The average Bonchev–Trinajstić information content (AvgIpc) is 3.09. The molecule has 0 fully saturated rings. The molecule has 4 N–H and O–H groups in total. The van der Waals surface area contributed by atoms with Crippen LogP contribution in [-0.2, 0) is 0 Å². The monoisotopic (exact) mass is 388 g/mol. The van der Waals surface area contributed by atoms with Gasteiger partial charge in [-0.1, -0.05) is 0 Å². The van der Waals surface area contributed by atoms with Crippen LogP contribution in [-0.4, -0.2) is 34.6 Å². The Morgan fingerprint density at radius 3 is 2.52 bits per heavy atom. The third-order valence-corrected chi connectivity index (χ3v) is 4.18. The number of aromatic amines is 1. The molecule has 0 bridgehead atoms. The quantitative estimate of drug-likeness (QED) is 0.553. The Bertz CT molecular complexity index is 1080. The van der Waals surface area contributed by atoms with Gasteiger partial charge in [-0.2, -0.15) is 0 Å². The molecule has 2 aromatic carbocycles. The largest absolute Gasteiger partial charge is 0.497 e. The molecule has 4 rings (SSSR count). The summed E-state index contributed by atoms with van der Waals surface area (Å²) in [5, 5.41) is 4.46. The number of anilines is 2. The number of nitrogens with one attached hydrogen (secondary N) is 2. The van der Waals surface area contributed by atoms with Crippen molar-refractivity contribution >= 4 is 45.7 Å². The summed E-state index contributed by atoms with van der Waals surface area (Å²) < 4.78 is 10.8. The Balaban J connectivity index is 0.00000131. The highest BCUT2D eigenvalue weighted by Crippen LogP contribution is 2.36. The van der Waals surface area contributed by atoms with E-state index in [0.717, 1.165) is 50.5 Å². The van der Waals surface area contributed by atoms with E-state index in [4.69, 9.17) is 9.47 Å². The number of H-pyrrole nitrogens is 1. The van der Waals surface area contributed by atoms with Crippen molar-refractivity contribution in [3.05, 3.63) is 48.4 Å². The normalized spacial score (nSPS) is 10.2. The summed E-state index contributed by atoms with van der Waals surface area (Å²) in [5.41, 5.74) is 5.52. The number of halogens is 1. The number of methoxy groups -OCH3 is 2. The number of imidazole rings is 1. The molecule has 27 heavy (non-hydrogen) atoms. The van der Waals surface area contributed by atoms with E-state index >= 15 is 0 Å². The Labute approximate surface area is 162 Å². The number of hydrogen-bond acceptors (Lipinski definition) is 5. The fourth-order valence-electron chi connectivity index (χ4n) is 3.03. The first kappa shape index (κ1) is 20.3. The lowest BCUT2D eigenvalue weighted by molar-refractivity contribution is 0.405. The lowest BCUT2D eigenvalue weighted by Crippen LogP contribution is -1.98. The first-order valence-corrected chi connectivity index (χ1v) is 7.91. The van der Waals surface area contributed by atoms with Crippen LogP contribution in [0.4, 0.5) is 11.4 Å². The molecule has 0 saturated carbocycles. The summed E-state index contributed by atoms with van der Waals surface area (Å²) in [6.45, 7) is 2.02. The molecular formula is C19H21ClN4O3. The average molecular weight is 389 g/mol. The van der Waals surface area contributed by atoms with Gasteiger partial charge in [0, 0.05) is 22.7 Å². The van der Waals surface area contributed by atoms with Crippen LogP contribution in [0, 0.1) is 6.92 Å². The lowest BCUT2D eigenvalue weighted by atomic mass is 10.1. The minimum Gasteiger partial charge on any atom is -0.497 e. The second-order valence-corrected chi connectivity index (χ2v) is 5.79. The summed E-state index contributed by atoms with van der Waals surface area (Å²) in [6, 6.07) is 11.7. The van der Waals surface area contributed by atoms with Crippen LogP contribution in [0.2, 0.25) is 0 Å². The predicted octanol–water partition coefficient (Wildman–Crippen LogP) is 3.78. The van der Waals surface area contributed by atoms with Crippen molar-refractivity contribution in [3.63, 3.8) is 0 Å². The Hall–Kier alpha value is -3.03. The van der Waals surface area contributed by atoms with E-state index in [9.17, 15) is 0 Å². The predicted molar refractivity (Wildman–Crippen MR) is 110 cm³/mol. The maximum Gasteiger partial charge on any atom is 0.142 e. The van der Waals surface area contributed by atoms with Gasteiger partial charge in [-0.25, -0.2) is 9.97 Å². The summed E-state index contributed by atoms with van der Waals surface area (Å²) in [5.74, 6) is 1.49. The van der Waals surface area contributed by atoms with E-state index in [0.29, 0.717) is 0 Å². The number of hydrogen-bond donors (Lipinski definition) is 2. The van der Waals surface area contributed by atoms with Gasteiger partial charge in [0.2, 0.25) is 0 Å². The zero-order valence-electron chi connectivity index (χ0n) is 15.2. The Morgan fingerprint density at radius 2 is 1.78 bits per heavy atom. The molecule has 0 spiro atoms. The molecular weight excluding hydrogens is 368 g/mol. The van der Waals surface area contributed by atoms with Gasteiger partial charge in [-0.15, -0.1) is 12.4 Å². The molecule has 2 heterocycles. The zero-order valence-corrected chi connectivity index (χ0v) is 16.0. The first-order chi connectivity index (χ1) is 12.2. The molecule has 142 valence electrons. The van der Waals surface area contributed by atoms with Gasteiger partial charge in [0.05, 0.1) is 31.1 Å². The van der Waals surface area contributed by atoms with Crippen LogP contribution in [0.3, 0.4) is 0 Å². The number of fused-ring (bicyclic) bond motifs is 3. The van der Waals surface area contributed by atoms with Gasteiger partial charge in [0.15, 0.2) is 0 Å². The highest BCUT2D eigenvalue weighted by molar-refractivity contribution is 6.10. The van der Waals surface area contributed by atoms with E-state index in [1.165, 1.54) is 0 Å². The third kappa shape index (κ3) is 3.60. The number of benzene rings is 2. The lowest BCUT2D eigenvalue weighted by Gasteiger charge is -2.15. The topological polar surface area (TPSA) is 104 Å². The molecule has 4 aromatic rings. The molecule has 0 saturated heterocycles. The van der Waals surface area contributed by atoms with Crippen molar-refractivity contribution < 1.29 is 14.9 Å². The maximum atomic E-state index is 5.48. The van der Waals surface area contributed by atoms with Crippen molar-refractivity contribution in [2.45, 2.75) is 6.92 Å². The highest BCUT2D eigenvalue weighted by atomic mass is 35.5. The summed E-state index contributed by atoms with van der Waals surface area (Å²) >= 11 is 0. The number of aromatic nitrogens is 3. The van der Waals surface area contributed by atoms with Crippen LogP contribution in [0.15, 0.2) is 42.7 Å². The second-order valence-electron chi connectivity index (χ2n) is 5.79. The SMILES string of the molecule is COc1ccc(OC)c(Nc2cc(C)[nH]c3ccc4ncnc4c23)c1.Cl.O. The van der Waals surface area contributed by atoms with Crippen molar-refractivity contribution in [1.29, 1.82) is 0 Å². The molecule has 8 heteroatoms. The van der Waals surface area contributed by atoms with Gasteiger partial charge in [0.1, 0.15) is 23.3 Å². The van der Waals surface area contributed by atoms with E-state index in [-0.39, 0.29) is 17.9 Å². The molecule has 0 radical (unpaired) electrons. The molecule has 0 unspecified atom stereocenters. The van der Waals surface area contributed by atoms with Crippen LogP contribution in [0.5, 0.6) is 11.5 Å². The zero-order chi connectivity index (χ0) is 17.4. The standard InChI is InChI=1S/C19H18N4O2.ClH.H2O/c1-11-8-16(23-15-9-12(24-2)4-7-17(15)25-3)18-13(22-11)5-6-14-19(18)21-10-20-14;;/h4-10,22-23H,1-3H3;1H;1H2. The smallest absolute Gasteiger partial charge is 0.142 e. The number of pyridine rings is 1. The first-order valence-electron chi connectivity index (χ1n) is 7.91. The number of ether oxygens (including phenoxy) is 2. The molecule has 0 atom stereocenters. The molecule has 0 aliphatic heterocycles. The van der Waals surface area contributed by atoms with E-state index in [2.05, 4.69) is 26.3 Å². The maximum absolute atomic E-state index is 5.48. The minimum atomic E-state index is 0. The van der Waals surface area contributed by atoms with E-state index in [1.54, 1.807) is 20.5 Å². The van der Waals surface area contributed by atoms with Gasteiger partial charge >= 0.3 is 0 Å². The van der Waals surface area contributed by atoms with Gasteiger partial charge in [-0.05, 0) is 37.3 Å². The van der Waals surface area contributed by atoms with Crippen LogP contribution in [0.1, 0.15) is 5.69 Å². The number of rotatable bonds is 4. The molecule has 7 nitrogen and oxygen atoms in total. The van der Waals surface area contributed by atoms with Gasteiger partial charge < -0.3 is 25.3 Å². The van der Waals surface area contributed by atoms with Gasteiger partial charge in [-0.3, -0.25) is 0 Å². The number of aryl methyl sites for hydroxylation is 1. The van der Waals surface area contributed by atoms with Gasteiger partial charge in [0.25, 0.3) is 0 Å². The summed E-state index contributed by atoms with van der Waals surface area (Å²) in [4.78, 5) is 12.1. The van der Waals surface area contributed by atoms with E-state index < -0.39 is 0 Å². The second kappa shape index (κ2) is 8.11.